The van der Waals surface area contributed by atoms with Gasteiger partial charge < -0.3 is 15.0 Å². The predicted molar refractivity (Wildman–Crippen MR) is 102 cm³/mol. The molecule has 0 saturated carbocycles. The van der Waals surface area contributed by atoms with Crippen LogP contribution in [-0.4, -0.2) is 34.8 Å². The number of amides is 1. The van der Waals surface area contributed by atoms with E-state index in [0.29, 0.717) is 23.3 Å². The summed E-state index contributed by atoms with van der Waals surface area (Å²) in [5, 5.41) is 14.0. The van der Waals surface area contributed by atoms with Gasteiger partial charge in [0.25, 0.3) is 5.91 Å². The van der Waals surface area contributed by atoms with E-state index in [1.807, 2.05) is 18.2 Å². The fourth-order valence-corrected chi connectivity index (χ4v) is 3.29. The lowest BCUT2D eigenvalue weighted by Gasteiger charge is -2.29. The topological polar surface area (TPSA) is 88.5 Å². The van der Waals surface area contributed by atoms with Crippen molar-refractivity contribution in [2.24, 2.45) is 0 Å². The van der Waals surface area contributed by atoms with Crippen molar-refractivity contribution in [2.75, 3.05) is 0 Å². The van der Waals surface area contributed by atoms with Crippen molar-refractivity contribution in [3.63, 3.8) is 0 Å². The number of para-hydroxylation sites is 1. The van der Waals surface area contributed by atoms with Crippen LogP contribution >= 0.6 is 0 Å². The van der Waals surface area contributed by atoms with E-state index >= 15 is 0 Å². The maximum atomic E-state index is 12.6. The number of hydrogen-bond donors (Lipinski definition) is 2. The number of pyridine rings is 1. The summed E-state index contributed by atoms with van der Waals surface area (Å²) in [6, 6.07) is 14.2. The van der Waals surface area contributed by atoms with E-state index in [4.69, 9.17) is 4.65 Å². The predicted octanol–water partition coefficient (Wildman–Crippen LogP) is 2.19. The Bertz CT molecular complexity index is 1050. The maximum Gasteiger partial charge on any atom is 0.547 e. The van der Waals surface area contributed by atoms with Crippen molar-refractivity contribution in [1.29, 1.82) is 0 Å². The molecular formula is C20H17BN2O4. The number of rotatable bonds is 3. The average Bonchev–Trinajstić information content (AvgIpc) is 2.67. The Morgan fingerprint density at radius 1 is 1.22 bits per heavy atom. The number of nitrogens with zero attached hydrogens (tertiary/aromatic N) is 1. The van der Waals surface area contributed by atoms with Crippen molar-refractivity contribution < 1.29 is 19.3 Å². The van der Waals surface area contributed by atoms with Gasteiger partial charge in [-0.1, -0.05) is 18.2 Å². The molecule has 6 nitrogen and oxygen atoms in total. The minimum atomic E-state index is -1.23. The summed E-state index contributed by atoms with van der Waals surface area (Å²) in [4.78, 5) is 28.6. The zero-order chi connectivity index (χ0) is 19.0. The number of carbonyl (C=O) groups excluding carboxylic acids is 2. The van der Waals surface area contributed by atoms with Gasteiger partial charge in [-0.15, -0.1) is 0 Å². The fraction of sp³-hybridized carbons (Fsp3) is 0.150. The van der Waals surface area contributed by atoms with Gasteiger partial charge in [0.2, 0.25) is 0 Å². The molecule has 0 radical (unpaired) electrons. The largest absolute Gasteiger partial charge is 0.547 e. The number of benzene rings is 2. The van der Waals surface area contributed by atoms with E-state index in [2.05, 4.69) is 10.3 Å². The van der Waals surface area contributed by atoms with Gasteiger partial charge in [-0.2, -0.15) is 0 Å². The second kappa shape index (κ2) is 6.85. The van der Waals surface area contributed by atoms with E-state index in [1.54, 1.807) is 36.5 Å². The minimum absolute atomic E-state index is 0.133. The Labute approximate surface area is 156 Å². The van der Waals surface area contributed by atoms with Gasteiger partial charge in [-0.05, 0) is 49.2 Å². The van der Waals surface area contributed by atoms with Crippen LogP contribution in [0.4, 0.5) is 0 Å². The molecule has 1 aliphatic heterocycles. The van der Waals surface area contributed by atoms with Crippen molar-refractivity contribution in [2.45, 2.75) is 19.3 Å². The quantitative estimate of drug-likeness (QED) is 0.552. The second-order valence-corrected chi connectivity index (χ2v) is 6.55. The average molecular weight is 360 g/mol. The number of nitrogens with one attached hydrogen (secondary N) is 1. The van der Waals surface area contributed by atoms with E-state index in [-0.39, 0.29) is 11.7 Å². The summed E-state index contributed by atoms with van der Waals surface area (Å²) in [6.07, 6.45) is 2.07. The molecule has 3 aromatic rings. The molecule has 2 aromatic carbocycles. The molecule has 1 atom stereocenters. The van der Waals surface area contributed by atoms with Crippen LogP contribution in [0.2, 0.25) is 0 Å². The van der Waals surface area contributed by atoms with Crippen molar-refractivity contribution in [3.05, 3.63) is 71.4 Å². The lowest BCUT2D eigenvalue weighted by Crippen LogP contribution is -2.53. The standard InChI is InChI=1S/C20H17BN2O4/c1-12(24)16-6-2-4-14-11-18(21(26)27-19(14)16)23-20(25)15-7-8-17-13(10-15)5-3-9-22-17/h2-10,18,26H,11H2,1H3,(H,23,25)/t18-/m0/s1. The normalized spacial score (nSPS) is 15.8. The fourth-order valence-electron chi connectivity index (χ4n) is 3.29. The molecule has 2 heterocycles. The van der Waals surface area contributed by atoms with Gasteiger partial charge in [0.05, 0.1) is 17.0 Å². The number of hydrogen-bond acceptors (Lipinski definition) is 5. The molecule has 0 fully saturated rings. The first kappa shape index (κ1) is 17.2. The van der Waals surface area contributed by atoms with Crippen LogP contribution in [0, 0.1) is 0 Å². The summed E-state index contributed by atoms with van der Waals surface area (Å²) in [7, 11) is -1.23. The summed E-state index contributed by atoms with van der Waals surface area (Å²) in [5.41, 5.74) is 2.49. The third-order valence-electron chi connectivity index (χ3n) is 4.68. The first-order valence-corrected chi connectivity index (χ1v) is 8.66. The summed E-state index contributed by atoms with van der Waals surface area (Å²) >= 11 is 0. The second-order valence-electron chi connectivity index (χ2n) is 6.55. The van der Waals surface area contributed by atoms with Gasteiger partial charge in [0, 0.05) is 17.1 Å². The van der Waals surface area contributed by atoms with Gasteiger partial charge >= 0.3 is 7.12 Å². The molecule has 27 heavy (non-hydrogen) atoms. The molecule has 7 heteroatoms. The Kier molecular flexibility index (Phi) is 4.37. The highest BCUT2D eigenvalue weighted by Gasteiger charge is 2.37. The van der Waals surface area contributed by atoms with Crippen LogP contribution in [0.1, 0.15) is 33.2 Å². The monoisotopic (exact) mass is 360 g/mol. The lowest BCUT2D eigenvalue weighted by molar-refractivity contribution is 0.0939. The number of ketones is 1. The first-order valence-electron chi connectivity index (χ1n) is 8.66. The highest BCUT2D eigenvalue weighted by Crippen LogP contribution is 2.30. The van der Waals surface area contributed by atoms with Crippen LogP contribution in [-0.2, 0) is 6.42 Å². The zero-order valence-corrected chi connectivity index (χ0v) is 14.7. The minimum Gasteiger partial charge on any atom is -0.534 e. The van der Waals surface area contributed by atoms with Gasteiger partial charge in [-0.25, -0.2) is 0 Å². The van der Waals surface area contributed by atoms with Gasteiger partial charge in [0.15, 0.2) is 5.78 Å². The molecule has 0 spiro atoms. The highest BCUT2D eigenvalue weighted by molar-refractivity contribution is 6.47. The number of carbonyl (C=O) groups is 2. The molecular weight excluding hydrogens is 343 g/mol. The van der Waals surface area contributed by atoms with Crippen molar-refractivity contribution in [1.82, 2.24) is 10.3 Å². The van der Waals surface area contributed by atoms with Crippen LogP contribution in [0.25, 0.3) is 10.9 Å². The Balaban J connectivity index is 1.56. The molecule has 2 N–H and O–H groups in total. The first-order chi connectivity index (χ1) is 13.0. The zero-order valence-electron chi connectivity index (χ0n) is 14.7. The summed E-state index contributed by atoms with van der Waals surface area (Å²) < 4.78 is 5.55. The molecule has 134 valence electrons. The van der Waals surface area contributed by atoms with Crippen LogP contribution in [0.3, 0.4) is 0 Å². The molecule has 1 aliphatic rings. The molecule has 1 aromatic heterocycles. The molecule has 0 bridgehead atoms. The molecule has 0 unspecified atom stereocenters. The smallest absolute Gasteiger partial charge is 0.534 e. The van der Waals surface area contributed by atoms with Crippen LogP contribution in [0.15, 0.2) is 54.7 Å². The number of fused-ring (bicyclic) bond motifs is 2. The van der Waals surface area contributed by atoms with Crippen LogP contribution in [0.5, 0.6) is 5.75 Å². The molecule has 1 amide bonds. The summed E-state index contributed by atoms with van der Waals surface area (Å²) in [6.45, 7) is 1.45. The van der Waals surface area contributed by atoms with Crippen LogP contribution < -0.4 is 9.97 Å². The Morgan fingerprint density at radius 3 is 2.89 bits per heavy atom. The number of Topliss-reactive ketones (excluding diaryl/α,β-unsaturated/α-hetero) is 1. The van der Waals surface area contributed by atoms with E-state index < -0.39 is 13.1 Å². The van der Waals surface area contributed by atoms with E-state index in [9.17, 15) is 14.6 Å². The van der Waals surface area contributed by atoms with Gasteiger partial charge in [0.1, 0.15) is 5.75 Å². The van der Waals surface area contributed by atoms with Crippen molar-refractivity contribution >= 4 is 29.7 Å². The highest BCUT2D eigenvalue weighted by atomic mass is 16.5. The van der Waals surface area contributed by atoms with Gasteiger partial charge in [-0.3, -0.25) is 14.6 Å². The Hall–Kier alpha value is -3.19. The SMILES string of the molecule is CC(=O)c1cccc2c1OB(O)[C@@H](NC(=O)c1ccc3ncccc3c1)C2. The molecule has 0 aliphatic carbocycles. The third-order valence-corrected chi connectivity index (χ3v) is 4.68. The summed E-state index contributed by atoms with van der Waals surface area (Å²) in [5.74, 6) is -0.664. The number of aromatic nitrogens is 1. The Morgan fingerprint density at radius 2 is 2.07 bits per heavy atom. The maximum absolute atomic E-state index is 12.6. The lowest BCUT2D eigenvalue weighted by atomic mass is 9.72. The molecule has 4 rings (SSSR count). The van der Waals surface area contributed by atoms with E-state index in [1.165, 1.54) is 6.92 Å². The third kappa shape index (κ3) is 3.29. The van der Waals surface area contributed by atoms with Crippen molar-refractivity contribution in [3.8, 4) is 5.75 Å². The van der Waals surface area contributed by atoms with E-state index in [0.717, 1.165) is 16.5 Å². The molecule has 0 saturated heterocycles.